The maximum absolute atomic E-state index is 12.1. The van der Waals surface area contributed by atoms with E-state index in [0.717, 1.165) is 42.6 Å². The molecule has 1 aromatic heterocycles. The average molecular weight is 244 g/mol. The first-order chi connectivity index (χ1) is 8.84. The van der Waals surface area contributed by atoms with Gasteiger partial charge in [0.25, 0.3) is 0 Å². The summed E-state index contributed by atoms with van der Waals surface area (Å²) in [5.41, 5.74) is 1.57. The molecule has 0 saturated carbocycles. The van der Waals surface area contributed by atoms with E-state index in [2.05, 4.69) is 10.6 Å². The van der Waals surface area contributed by atoms with Crippen molar-refractivity contribution in [1.82, 2.24) is 5.32 Å². The van der Waals surface area contributed by atoms with E-state index in [4.69, 9.17) is 4.42 Å². The normalized spacial score (nSPS) is 19.9. The summed E-state index contributed by atoms with van der Waals surface area (Å²) < 4.78 is 5.41. The van der Waals surface area contributed by atoms with Crippen molar-refractivity contribution in [3.05, 3.63) is 30.5 Å². The van der Waals surface area contributed by atoms with Gasteiger partial charge in [0.2, 0.25) is 5.91 Å². The smallest absolute Gasteiger partial charge is 0.228 e. The molecule has 1 amide bonds. The summed E-state index contributed by atoms with van der Waals surface area (Å²) in [6, 6.07) is 7.71. The molecule has 4 nitrogen and oxygen atoms in total. The number of fused-ring (bicyclic) bond motifs is 1. The first-order valence-corrected chi connectivity index (χ1v) is 6.32. The van der Waals surface area contributed by atoms with Crippen molar-refractivity contribution in [2.24, 2.45) is 5.92 Å². The van der Waals surface area contributed by atoms with Gasteiger partial charge >= 0.3 is 0 Å². The molecule has 18 heavy (non-hydrogen) atoms. The lowest BCUT2D eigenvalue weighted by molar-refractivity contribution is -0.120. The van der Waals surface area contributed by atoms with Gasteiger partial charge in [0.05, 0.1) is 11.6 Å². The molecule has 1 fully saturated rings. The summed E-state index contributed by atoms with van der Waals surface area (Å²) in [7, 11) is 0. The van der Waals surface area contributed by atoms with Crippen molar-refractivity contribution >= 4 is 22.6 Å². The summed E-state index contributed by atoms with van der Waals surface area (Å²) in [5, 5.41) is 7.16. The molecular formula is C14H16N2O2. The van der Waals surface area contributed by atoms with Crippen LogP contribution in [0.25, 0.3) is 11.0 Å². The summed E-state index contributed by atoms with van der Waals surface area (Å²) >= 11 is 0. The lowest BCUT2D eigenvalue weighted by Gasteiger charge is -2.21. The van der Waals surface area contributed by atoms with Crippen LogP contribution in [0.5, 0.6) is 0 Å². The highest BCUT2D eigenvalue weighted by atomic mass is 16.3. The molecule has 0 spiro atoms. The number of carbonyl (C=O) groups is 1. The molecule has 4 heteroatoms. The van der Waals surface area contributed by atoms with Crippen LogP contribution in [0.15, 0.2) is 34.9 Å². The van der Waals surface area contributed by atoms with E-state index < -0.39 is 0 Å². The minimum atomic E-state index is 0.0624. The van der Waals surface area contributed by atoms with E-state index in [9.17, 15) is 4.79 Å². The van der Waals surface area contributed by atoms with Crippen molar-refractivity contribution in [3.8, 4) is 0 Å². The predicted octanol–water partition coefficient (Wildman–Crippen LogP) is 2.37. The number of rotatable bonds is 2. The van der Waals surface area contributed by atoms with Gasteiger partial charge in [-0.15, -0.1) is 0 Å². The molecule has 2 heterocycles. The monoisotopic (exact) mass is 244 g/mol. The van der Waals surface area contributed by atoms with Crippen molar-refractivity contribution in [2.75, 3.05) is 18.4 Å². The lowest BCUT2D eigenvalue weighted by Crippen LogP contribution is -2.37. The van der Waals surface area contributed by atoms with Crippen molar-refractivity contribution in [2.45, 2.75) is 12.8 Å². The van der Waals surface area contributed by atoms with Crippen LogP contribution in [0.2, 0.25) is 0 Å². The van der Waals surface area contributed by atoms with E-state index in [1.54, 1.807) is 6.26 Å². The number of carbonyl (C=O) groups excluding carboxylic acids is 1. The Bertz CT molecular complexity index is 556. The largest absolute Gasteiger partial charge is 0.462 e. The third-order valence-electron chi connectivity index (χ3n) is 3.41. The van der Waals surface area contributed by atoms with Crippen LogP contribution in [0.3, 0.4) is 0 Å². The zero-order chi connectivity index (χ0) is 12.4. The molecular weight excluding hydrogens is 228 g/mol. The highest BCUT2D eigenvalue weighted by Crippen LogP contribution is 2.26. The van der Waals surface area contributed by atoms with Gasteiger partial charge in [0.15, 0.2) is 0 Å². The molecule has 3 rings (SSSR count). The summed E-state index contributed by atoms with van der Waals surface area (Å²) in [6.45, 7) is 1.78. The number of para-hydroxylation sites is 1. The quantitative estimate of drug-likeness (QED) is 0.852. The SMILES string of the molecule is O=C(Nc1coc2ccccc12)C1CCCNC1. The number of hydrogen-bond donors (Lipinski definition) is 2. The molecule has 0 radical (unpaired) electrons. The lowest BCUT2D eigenvalue weighted by atomic mass is 9.99. The summed E-state index contributed by atoms with van der Waals surface area (Å²) in [5.74, 6) is 0.140. The Morgan fingerprint density at radius 1 is 1.39 bits per heavy atom. The van der Waals surface area contributed by atoms with Gasteiger partial charge in [-0.3, -0.25) is 4.79 Å². The average Bonchev–Trinajstić information content (AvgIpc) is 2.83. The molecule has 1 aliphatic heterocycles. The van der Waals surface area contributed by atoms with Gasteiger partial charge in [-0.05, 0) is 31.5 Å². The van der Waals surface area contributed by atoms with Crippen LogP contribution in [0, 0.1) is 5.92 Å². The zero-order valence-corrected chi connectivity index (χ0v) is 10.1. The fourth-order valence-electron chi connectivity index (χ4n) is 2.39. The minimum Gasteiger partial charge on any atom is -0.462 e. The number of amides is 1. The Hall–Kier alpha value is -1.81. The van der Waals surface area contributed by atoms with E-state index in [-0.39, 0.29) is 11.8 Å². The van der Waals surface area contributed by atoms with Gasteiger partial charge < -0.3 is 15.1 Å². The number of furan rings is 1. The number of hydrogen-bond acceptors (Lipinski definition) is 3. The molecule has 1 aliphatic rings. The van der Waals surface area contributed by atoms with Gasteiger partial charge in [0, 0.05) is 11.9 Å². The van der Waals surface area contributed by atoms with Crippen LogP contribution in [0.1, 0.15) is 12.8 Å². The van der Waals surface area contributed by atoms with Crippen molar-refractivity contribution in [3.63, 3.8) is 0 Å². The third kappa shape index (κ3) is 2.11. The van der Waals surface area contributed by atoms with E-state index in [1.807, 2.05) is 24.3 Å². The third-order valence-corrected chi connectivity index (χ3v) is 3.41. The van der Waals surface area contributed by atoms with E-state index >= 15 is 0 Å². The Kier molecular flexibility index (Phi) is 3.02. The maximum Gasteiger partial charge on any atom is 0.228 e. The van der Waals surface area contributed by atoms with Gasteiger partial charge in [-0.25, -0.2) is 0 Å². The second-order valence-electron chi connectivity index (χ2n) is 4.68. The van der Waals surface area contributed by atoms with Crippen LogP contribution >= 0.6 is 0 Å². The molecule has 1 saturated heterocycles. The molecule has 1 atom stereocenters. The summed E-state index contributed by atoms with van der Waals surface area (Å²) in [4.78, 5) is 12.1. The van der Waals surface area contributed by atoms with Crippen molar-refractivity contribution in [1.29, 1.82) is 0 Å². The van der Waals surface area contributed by atoms with Gasteiger partial charge in [-0.2, -0.15) is 0 Å². The predicted molar refractivity (Wildman–Crippen MR) is 70.4 cm³/mol. The number of anilines is 1. The molecule has 94 valence electrons. The first kappa shape index (κ1) is 11.3. The molecule has 0 bridgehead atoms. The number of nitrogens with one attached hydrogen (secondary N) is 2. The maximum atomic E-state index is 12.1. The number of piperidine rings is 1. The fourth-order valence-corrected chi connectivity index (χ4v) is 2.39. The molecule has 1 unspecified atom stereocenters. The van der Waals surface area contributed by atoms with E-state index in [0.29, 0.717) is 0 Å². The highest BCUT2D eigenvalue weighted by Gasteiger charge is 2.21. The number of benzene rings is 1. The molecule has 1 aromatic carbocycles. The fraction of sp³-hybridized carbons (Fsp3) is 0.357. The minimum absolute atomic E-state index is 0.0624. The Balaban J connectivity index is 1.77. The molecule has 2 N–H and O–H groups in total. The second-order valence-corrected chi connectivity index (χ2v) is 4.68. The van der Waals surface area contributed by atoms with Crippen LogP contribution in [0.4, 0.5) is 5.69 Å². The summed E-state index contributed by atoms with van der Waals surface area (Å²) in [6.07, 6.45) is 3.62. The van der Waals surface area contributed by atoms with Gasteiger partial charge in [-0.1, -0.05) is 12.1 Å². The molecule has 2 aromatic rings. The standard InChI is InChI=1S/C14H16N2O2/c17-14(10-4-3-7-15-8-10)16-12-9-18-13-6-2-1-5-11(12)13/h1-2,5-6,9-10,15H,3-4,7-8H2,(H,16,17). The Morgan fingerprint density at radius 2 is 2.28 bits per heavy atom. The van der Waals surface area contributed by atoms with Crippen LogP contribution in [-0.4, -0.2) is 19.0 Å². The van der Waals surface area contributed by atoms with Crippen LogP contribution in [-0.2, 0) is 4.79 Å². The van der Waals surface area contributed by atoms with Gasteiger partial charge in [0.1, 0.15) is 11.8 Å². The topological polar surface area (TPSA) is 54.3 Å². The second kappa shape index (κ2) is 4.82. The zero-order valence-electron chi connectivity index (χ0n) is 10.1. The Morgan fingerprint density at radius 3 is 3.11 bits per heavy atom. The van der Waals surface area contributed by atoms with E-state index in [1.165, 1.54) is 0 Å². The Labute approximate surface area is 105 Å². The molecule has 0 aliphatic carbocycles. The van der Waals surface area contributed by atoms with Crippen LogP contribution < -0.4 is 10.6 Å². The highest BCUT2D eigenvalue weighted by molar-refractivity contribution is 6.01. The first-order valence-electron chi connectivity index (χ1n) is 6.32. The van der Waals surface area contributed by atoms with Crippen molar-refractivity contribution < 1.29 is 9.21 Å².